The largest absolute Gasteiger partial charge is 0.402 e. The molecule has 4 nitrogen and oxygen atoms in total. The fraction of sp³-hybridized carbons (Fsp3) is 0.250. The Labute approximate surface area is 94.5 Å². The van der Waals surface area contributed by atoms with Gasteiger partial charge >= 0.3 is 6.18 Å². The number of rotatable bonds is 3. The van der Waals surface area contributed by atoms with Gasteiger partial charge in [-0.25, -0.2) is 17.5 Å². The highest BCUT2D eigenvalue weighted by Gasteiger charge is 2.30. The van der Waals surface area contributed by atoms with E-state index < -0.39 is 33.5 Å². The summed E-state index contributed by atoms with van der Waals surface area (Å²) in [7, 11) is -4.43. The first-order valence-corrected chi connectivity index (χ1v) is 5.71. The number of hydrogen-bond donors (Lipinski definition) is 2. The van der Waals surface area contributed by atoms with E-state index in [-0.39, 0.29) is 5.69 Å². The van der Waals surface area contributed by atoms with Gasteiger partial charge in [0.1, 0.15) is 12.4 Å². The Bertz CT molecular complexity index is 492. The van der Waals surface area contributed by atoms with E-state index in [1.807, 2.05) is 0 Å². The van der Waals surface area contributed by atoms with Gasteiger partial charge in [0.15, 0.2) is 0 Å². The lowest BCUT2D eigenvalue weighted by molar-refractivity contribution is -0.121. The van der Waals surface area contributed by atoms with Crippen molar-refractivity contribution in [1.82, 2.24) is 4.72 Å². The van der Waals surface area contributed by atoms with Crippen molar-refractivity contribution in [1.29, 1.82) is 0 Å². The van der Waals surface area contributed by atoms with Crippen molar-refractivity contribution in [3.63, 3.8) is 0 Å². The van der Waals surface area contributed by atoms with Crippen LogP contribution < -0.4 is 10.5 Å². The Balaban J connectivity index is 2.98. The predicted molar refractivity (Wildman–Crippen MR) is 52.1 cm³/mol. The van der Waals surface area contributed by atoms with Crippen molar-refractivity contribution in [3.05, 3.63) is 24.0 Å². The van der Waals surface area contributed by atoms with Crippen LogP contribution in [-0.2, 0) is 10.0 Å². The maximum Gasteiger partial charge on any atom is 0.402 e. The number of nitrogens with two attached hydrogens (primary N) is 1. The number of alkyl halides is 3. The predicted octanol–water partition coefficient (Wildman–Crippen LogP) is 1.25. The maximum absolute atomic E-state index is 12.8. The van der Waals surface area contributed by atoms with Crippen molar-refractivity contribution < 1.29 is 26.0 Å². The van der Waals surface area contributed by atoms with Gasteiger partial charge in [-0.15, -0.1) is 0 Å². The quantitative estimate of drug-likeness (QED) is 0.642. The lowest BCUT2D eigenvalue weighted by Gasteiger charge is -2.09. The van der Waals surface area contributed by atoms with Gasteiger partial charge in [0.2, 0.25) is 10.0 Å². The van der Waals surface area contributed by atoms with Crippen LogP contribution in [0.2, 0.25) is 0 Å². The average molecular weight is 272 g/mol. The molecule has 0 saturated heterocycles. The third-order valence-corrected chi connectivity index (χ3v) is 3.05. The minimum atomic E-state index is -4.69. The molecule has 0 aliphatic heterocycles. The van der Waals surface area contributed by atoms with Crippen molar-refractivity contribution in [2.75, 3.05) is 12.3 Å². The van der Waals surface area contributed by atoms with Gasteiger partial charge in [-0.05, 0) is 18.2 Å². The Morgan fingerprint density at radius 1 is 1.24 bits per heavy atom. The number of hydrogen-bond acceptors (Lipinski definition) is 3. The molecule has 96 valence electrons. The molecular formula is C8H8F4N2O2S. The second kappa shape index (κ2) is 4.49. The average Bonchev–Trinajstić information content (AvgIpc) is 2.12. The summed E-state index contributed by atoms with van der Waals surface area (Å²) in [6.07, 6.45) is -4.69. The van der Waals surface area contributed by atoms with E-state index in [1.165, 1.54) is 4.72 Å². The molecule has 17 heavy (non-hydrogen) atoms. The van der Waals surface area contributed by atoms with E-state index in [2.05, 4.69) is 0 Å². The van der Waals surface area contributed by atoms with Gasteiger partial charge in [0.05, 0.1) is 4.90 Å². The Morgan fingerprint density at radius 3 is 2.29 bits per heavy atom. The molecule has 1 aromatic rings. The number of nitrogen functional groups attached to an aromatic ring is 1. The molecule has 0 heterocycles. The summed E-state index contributed by atoms with van der Waals surface area (Å²) in [5.74, 6) is -0.947. The normalized spacial score (nSPS) is 12.7. The summed E-state index contributed by atoms with van der Waals surface area (Å²) in [6, 6.07) is 2.29. The third-order valence-electron chi connectivity index (χ3n) is 1.67. The summed E-state index contributed by atoms with van der Waals surface area (Å²) in [6.45, 7) is -1.73. The maximum atomic E-state index is 12.8. The van der Waals surface area contributed by atoms with Crippen LogP contribution in [0.25, 0.3) is 0 Å². The molecular weight excluding hydrogens is 264 g/mol. The number of nitrogens with one attached hydrogen (secondary N) is 1. The summed E-state index contributed by atoms with van der Waals surface area (Å²) >= 11 is 0. The molecule has 0 saturated carbocycles. The summed E-state index contributed by atoms with van der Waals surface area (Å²) in [5, 5.41) is 0. The van der Waals surface area contributed by atoms with E-state index in [0.717, 1.165) is 12.1 Å². The molecule has 0 amide bonds. The number of anilines is 1. The molecule has 1 aromatic carbocycles. The van der Waals surface area contributed by atoms with E-state index in [4.69, 9.17) is 5.73 Å². The standard InChI is InChI=1S/C8H8F4N2O2S/c9-5-1-6(13)3-7(2-5)17(15,16)14-4-8(10,11)12/h1-3,14H,4,13H2. The van der Waals surface area contributed by atoms with Gasteiger partial charge in [-0.1, -0.05) is 0 Å². The number of benzene rings is 1. The van der Waals surface area contributed by atoms with Gasteiger partial charge < -0.3 is 5.73 Å². The van der Waals surface area contributed by atoms with Crippen molar-refractivity contribution in [3.8, 4) is 0 Å². The monoisotopic (exact) mass is 272 g/mol. The van der Waals surface area contributed by atoms with Crippen LogP contribution >= 0.6 is 0 Å². The van der Waals surface area contributed by atoms with Gasteiger partial charge in [0, 0.05) is 5.69 Å². The fourth-order valence-electron chi connectivity index (χ4n) is 1.000. The van der Waals surface area contributed by atoms with Crippen LogP contribution in [0, 0.1) is 5.82 Å². The second-order valence-electron chi connectivity index (χ2n) is 3.16. The fourth-order valence-corrected chi connectivity index (χ4v) is 2.08. The summed E-state index contributed by atoms with van der Waals surface area (Å²) in [5.41, 5.74) is 4.99. The smallest absolute Gasteiger partial charge is 0.399 e. The third kappa shape index (κ3) is 4.19. The first-order valence-electron chi connectivity index (χ1n) is 4.23. The highest BCUT2D eigenvalue weighted by molar-refractivity contribution is 7.89. The molecule has 0 fully saturated rings. The zero-order valence-electron chi connectivity index (χ0n) is 8.25. The molecule has 0 spiro atoms. The number of sulfonamides is 1. The van der Waals surface area contributed by atoms with Crippen molar-refractivity contribution in [2.24, 2.45) is 0 Å². The Kier molecular flexibility index (Phi) is 3.62. The van der Waals surface area contributed by atoms with Crippen LogP contribution in [0.5, 0.6) is 0 Å². The molecule has 0 aliphatic rings. The molecule has 1 rings (SSSR count). The van der Waals surface area contributed by atoms with Gasteiger partial charge in [0.25, 0.3) is 0 Å². The first-order chi connectivity index (χ1) is 7.60. The van der Waals surface area contributed by atoms with Crippen molar-refractivity contribution >= 4 is 15.7 Å². The van der Waals surface area contributed by atoms with Crippen LogP contribution in [0.1, 0.15) is 0 Å². The van der Waals surface area contributed by atoms with E-state index in [1.54, 1.807) is 0 Å². The Morgan fingerprint density at radius 2 is 1.82 bits per heavy atom. The highest BCUT2D eigenvalue weighted by atomic mass is 32.2. The molecule has 0 aromatic heterocycles. The Hall–Kier alpha value is -1.35. The lowest BCUT2D eigenvalue weighted by Crippen LogP contribution is -2.33. The molecule has 0 unspecified atom stereocenters. The molecule has 9 heteroatoms. The van der Waals surface area contributed by atoms with Crippen LogP contribution in [0.15, 0.2) is 23.1 Å². The topological polar surface area (TPSA) is 72.2 Å². The minimum Gasteiger partial charge on any atom is -0.399 e. The van der Waals surface area contributed by atoms with E-state index >= 15 is 0 Å². The molecule has 0 aliphatic carbocycles. The number of halogens is 4. The highest BCUT2D eigenvalue weighted by Crippen LogP contribution is 2.18. The summed E-state index contributed by atoms with van der Waals surface area (Å²) < 4.78 is 72.3. The summed E-state index contributed by atoms with van der Waals surface area (Å²) in [4.78, 5) is -0.653. The minimum absolute atomic E-state index is 0.197. The molecule has 0 radical (unpaired) electrons. The van der Waals surface area contributed by atoms with Crippen LogP contribution in [0.4, 0.5) is 23.2 Å². The molecule has 0 bridgehead atoms. The van der Waals surface area contributed by atoms with E-state index in [0.29, 0.717) is 6.07 Å². The van der Waals surface area contributed by atoms with Crippen molar-refractivity contribution in [2.45, 2.75) is 11.1 Å². The van der Waals surface area contributed by atoms with Crippen LogP contribution in [-0.4, -0.2) is 21.1 Å². The second-order valence-corrected chi connectivity index (χ2v) is 4.93. The molecule has 3 N–H and O–H groups in total. The van der Waals surface area contributed by atoms with Crippen LogP contribution in [0.3, 0.4) is 0 Å². The SMILES string of the molecule is Nc1cc(F)cc(S(=O)(=O)NCC(F)(F)F)c1. The first kappa shape index (κ1) is 13.7. The molecule has 0 atom stereocenters. The van der Waals surface area contributed by atoms with Gasteiger partial charge in [-0.3, -0.25) is 0 Å². The van der Waals surface area contributed by atoms with E-state index in [9.17, 15) is 26.0 Å². The zero-order valence-corrected chi connectivity index (χ0v) is 9.07. The van der Waals surface area contributed by atoms with Gasteiger partial charge in [-0.2, -0.15) is 13.2 Å². The zero-order chi connectivity index (χ0) is 13.3. The lowest BCUT2D eigenvalue weighted by atomic mass is 10.3.